The van der Waals surface area contributed by atoms with Crippen molar-refractivity contribution in [3.63, 3.8) is 0 Å². The smallest absolute Gasteiger partial charge is 0.232 e. The molecule has 12 heavy (non-hydrogen) atoms. The molecule has 1 fully saturated rings. The number of nitrogens with zero attached hydrogens (tertiary/aromatic N) is 1. The Labute approximate surface area is 79.7 Å². The van der Waals surface area contributed by atoms with Crippen LogP contribution in [0.1, 0.15) is 25.7 Å². The molecule has 0 radical (unpaired) electrons. The normalized spacial score (nSPS) is 18.2. The Balaban J connectivity index is 2.24. The Bertz CT molecular complexity index is 155. The Morgan fingerprint density at radius 2 is 2.08 bits per heavy atom. The van der Waals surface area contributed by atoms with Crippen molar-refractivity contribution in [2.24, 2.45) is 5.92 Å². The van der Waals surface area contributed by atoms with Crippen molar-refractivity contribution in [2.75, 3.05) is 19.3 Å². The van der Waals surface area contributed by atoms with Gasteiger partial charge in [0.15, 0.2) is 0 Å². The molecule has 1 rings (SSSR count). The van der Waals surface area contributed by atoms with Gasteiger partial charge in [-0.2, -0.15) is 12.6 Å². The van der Waals surface area contributed by atoms with Gasteiger partial charge in [-0.1, -0.05) is 12.8 Å². The molecule has 1 saturated carbocycles. The third kappa shape index (κ3) is 2.70. The largest absolute Gasteiger partial charge is 0.345 e. The maximum absolute atomic E-state index is 11.1. The van der Waals surface area contributed by atoms with Crippen molar-refractivity contribution in [1.29, 1.82) is 0 Å². The van der Waals surface area contributed by atoms with Crippen molar-refractivity contribution in [3.8, 4) is 0 Å². The molecular weight excluding hydrogens is 170 g/mol. The molecule has 0 aromatic carbocycles. The Morgan fingerprint density at radius 3 is 2.58 bits per heavy atom. The van der Waals surface area contributed by atoms with Gasteiger partial charge in [-0.25, -0.2) is 0 Å². The second-order valence-corrected chi connectivity index (χ2v) is 3.90. The molecule has 0 atom stereocenters. The van der Waals surface area contributed by atoms with E-state index >= 15 is 0 Å². The lowest BCUT2D eigenvalue weighted by Gasteiger charge is -2.19. The molecule has 2 nitrogen and oxygen atoms in total. The lowest BCUT2D eigenvalue weighted by molar-refractivity contribution is -0.127. The van der Waals surface area contributed by atoms with Gasteiger partial charge in [0.2, 0.25) is 5.91 Å². The van der Waals surface area contributed by atoms with E-state index in [1.165, 1.54) is 25.7 Å². The third-order valence-corrected chi connectivity index (χ3v) is 2.84. The fraction of sp³-hybridized carbons (Fsp3) is 0.889. The van der Waals surface area contributed by atoms with E-state index in [1.54, 1.807) is 0 Å². The van der Waals surface area contributed by atoms with Crippen LogP contribution in [0.15, 0.2) is 0 Å². The van der Waals surface area contributed by atoms with Gasteiger partial charge >= 0.3 is 0 Å². The lowest BCUT2D eigenvalue weighted by Crippen LogP contribution is -2.31. The summed E-state index contributed by atoms with van der Waals surface area (Å²) in [6.45, 7) is 0.930. The second-order valence-electron chi connectivity index (χ2n) is 3.58. The van der Waals surface area contributed by atoms with E-state index in [4.69, 9.17) is 0 Å². The summed E-state index contributed by atoms with van der Waals surface area (Å²) in [4.78, 5) is 13.0. The van der Waals surface area contributed by atoms with Gasteiger partial charge in [-0.15, -0.1) is 0 Å². The number of carbonyl (C=O) groups is 1. The minimum atomic E-state index is 0.144. The first kappa shape index (κ1) is 9.90. The highest BCUT2D eigenvalue weighted by Gasteiger charge is 2.18. The van der Waals surface area contributed by atoms with Crippen molar-refractivity contribution in [3.05, 3.63) is 0 Å². The molecule has 0 aromatic rings. The summed E-state index contributed by atoms with van der Waals surface area (Å²) in [7, 11) is 1.87. The standard InChI is InChI=1S/C9H17NOS/c1-10(9(11)7-12)6-8-4-2-3-5-8/h8,12H,2-7H2,1H3. The highest BCUT2D eigenvalue weighted by Crippen LogP contribution is 2.25. The first-order valence-corrected chi connectivity index (χ1v) is 5.22. The van der Waals surface area contributed by atoms with E-state index in [2.05, 4.69) is 12.6 Å². The molecule has 0 N–H and O–H groups in total. The van der Waals surface area contributed by atoms with Crippen LogP contribution in [0.2, 0.25) is 0 Å². The molecule has 1 amide bonds. The number of carbonyl (C=O) groups excluding carboxylic acids is 1. The monoisotopic (exact) mass is 187 g/mol. The van der Waals surface area contributed by atoms with Crippen LogP contribution in [0.3, 0.4) is 0 Å². The van der Waals surface area contributed by atoms with Gasteiger partial charge < -0.3 is 4.90 Å². The topological polar surface area (TPSA) is 20.3 Å². The zero-order valence-corrected chi connectivity index (χ0v) is 8.52. The van der Waals surface area contributed by atoms with E-state index in [1.807, 2.05) is 11.9 Å². The Kier molecular flexibility index (Phi) is 3.92. The highest BCUT2D eigenvalue weighted by molar-refractivity contribution is 7.81. The number of amides is 1. The highest BCUT2D eigenvalue weighted by atomic mass is 32.1. The first-order chi connectivity index (χ1) is 5.74. The van der Waals surface area contributed by atoms with Crippen LogP contribution >= 0.6 is 12.6 Å². The van der Waals surface area contributed by atoms with E-state index in [9.17, 15) is 4.79 Å². The van der Waals surface area contributed by atoms with Crippen molar-refractivity contribution in [2.45, 2.75) is 25.7 Å². The lowest BCUT2D eigenvalue weighted by atomic mass is 10.1. The summed E-state index contributed by atoms with van der Waals surface area (Å²) in [5.74, 6) is 1.23. The van der Waals surface area contributed by atoms with Crippen LogP contribution in [0.4, 0.5) is 0 Å². The molecule has 0 unspecified atom stereocenters. The van der Waals surface area contributed by atoms with E-state index in [0.29, 0.717) is 5.75 Å². The molecule has 3 heteroatoms. The molecular formula is C9H17NOS. The summed E-state index contributed by atoms with van der Waals surface area (Å²) >= 11 is 3.96. The Morgan fingerprint density at radius 1 is 1.50 bits per heavy atom. The zero-order valence-electron chi connectivity index (χ0n) is 7.62. The van der Waals surface area contributed by atoms with Gasteiger partial charge in [0.1, 0.15) is 0 Å². The van der Waals surface area contributed by atoms with Crippen LogP contribution < -0.4 is 0 Å². The minimum absolute atomic E-state index is 0.144. The molecule has 0 heterocycles. The van der Waals surface area contributed by atoms with E-state index in [-0.39, 0.29) is 5.91 Å². The van der Waals surface area contributed by atoms with Crippen LogP contribution in [0.25, 0.3) is 0 Å². The number of rotatable bonds is 3. The molecule has 0 saturated heterocycles. The average Bonchev–Trinajstić information content (AvgIpc) is 2.55. The van der Waals surface area contributed by atoms with Gasteiger partial charge in [-0.05, 0) is 18.8 Å². The molecule has 1 aliphatic rings. The van der Waals surface area contributed by atoms with Gasteiger partial charge in [-0.3, -0.25) is 4.79 Å². The van der Waals surface area contributed by atoms with E-state index in [0.717, 1.165) is 12.5 Å². The predicted octanol–water partition coefficient (Wildman–Crippen LogP) is 1.56. The summed E-state index contributed by atoms with van der Waals surface area (Å²) in [5, 5.41) is 0. The summed E-state index contributed by atoms with van der Waals surface area (Å²) < 4.78 is 0. The van der Waals surface area contributed by atoms with Crippen molar-refractivity contribution in [1.82, 2.24) is 4.90 Å². The molecule has 0 aliphatic heterocycles. The molecule has 0 bridgehead atoms. The fourth-order valence-electron chi connectivity index (χ4n) is 1.80. The number of hydrogen-bond acceptors (Lipinski definition) is 2. The van der Waals surface area contributed by atoms with Gasteiger partial charge in [0.05, 0.1) is 5.75 Å². The maximum atomic E-state index is 11.1. The fourth-order valence-corrected chi connectivity index (χ4v) is 2.04. The number of thiol groups is 1. The molecule has 0 spiro atoms. The SMILES string of the molecule is CN(CC1CCCC1)C(=O)CS. The summed E-state index contributed by atoms with van der Waals surface area (Å²) in [5.41, 5.74) is 0. The maximum Gasteiger partial charge on any atom is 0.232 e. The van der Waals surface area contributed by atoms with E-state index < -0.39 is 0 Å². The summed E-state index contributed by atoms with van der Waals surface area (Å²) in [6.07, 6.45) is 5.27. The molecule has 0 aromatic heterocycles. The van der Waals surface area contributed by atoms with Crippen LogP contribution in [-0.4, -0.2) is 30.2 Å². The zero-order chi connectivity index (χ0) is 8.97. The van der Waals surface area contributed by atoms with Gasteiger partial charge in [0, 0.05) is 13.6 Å². The van der Waals surface area contributed by atoms with Crippen molar-refractivity contribution < 1.29 is 4.79 Å². The average molecular weight is 187 g/mol. The quantitative estimate of drug-likeness (QED) is 0.665. The van der Waals surface area contributed by atoms with Gasteiger partial charge in [0.25, 0.3) is 0 Å². The third-order valence-electron chi connectivity index (χ3n) is 2.57. The Hall–Kier alpha value is -0.180. The minimum Gasteiger partial charge on any atom is -0.345 e. The summed E-state index contributed by atoms with van der Waals surface area (Å²) in [6, 6.07) is 0. The molecule has 70 valence electrons. The van der Waals surface area contributed by atoms with Crippen LogP contribution in [0.5, 0.6) is 0 Å². The van der Waals surface area contributed by atoms with Crippen molar-refractivity contribution >= 4 is 18.5 Å². The number of hydrogen-bond donors (Lipinski definition) is 1. The van der Waals surface area contributed by atoms with Crippen LogP contribution in [0, 0.1) is 5.92 Å². The first-order valence-electron chi connectivity index (χ1n) is 4.59. The second kappa shape index (κ2) is 4.75. The predicted molar refractivity (Wildman–Crippen MR) is 53.4 cm³/mol. The molecule has 1 aliphatic carbocycles. The van der Waals surface area contributed by atoms with Crippen LogP contribution in [-0.2, 0) is 4.79 Å².